The molecule has 2 aromatic rings. The molecule has 2 atom stereocenters. The molecule has 25 heavy (non-hydrogen) atoms. The van der Waals surface area contributed by atoms with Gasteiger partial charge in [0.15, 0.2) is 0 Å². The SMILES string of the molecule is CC1CCN(C(=O)CC(c2ccccc2)c2ccccc2)C(CN)C1. The van der Waals surface area contributed by atoms with Crippen LogP contribution in [0, 0.1) is 5.92 Å². The molecule has 1 aliphatic rings. The van der Waals surface area contributed by atoms with Crippen molar-refractivity contribution in [1.29, 1.82) is 0 Å². The highest BCUT2D eigenvalue weighted by molar-refractivity contribution is 5.78. The van der Waals surface area contributed by atoms with Crippen molar-refractivity contribution in [2.45, 2.75) is 38.1 Å². The van der Waals surface area contributed by atoms with E-state index in [1.807, 2.05) is 41.3 Å². The lowest BCUT2D eigenvalue weighted by molar-refractivity contribution is -0.135. The Morgan fingerprint density at radius 2 is 1.64 bits per heavy atom. The number of carbonyl (C=O) groups is 1. The molecular formula is C22H28N2O. The quantitative estimate of drug-likeness (QED) is 0.903. The third kappa shape index (κ3) is 4.29. The molecule has 2 N–H and O–H groups in total. The minimum absolute atomic E-state index is 0.0904. The Morgan fingerprint density at radius 3 is 2.16 bits per heavy atom. The molecule has 0 spiro atoms. The lowest BCUT2D eigenvalue weighted by atomic mass is 9.86. The van der Waals surface area contributed by atoms with Crippen LogP contribution in [0.15, 0.2) is 60.7 Å². The summed E-state index contributed by atoms with van der Waals surface area (Å²) >= 11 is 0. The van der Waals surface area contributed by atoms with Crippen LogP contribution in [0.5, 0.6) is 0 Å². The molecule has 0 aliphatic carbocycles. The molecule has 3 heteroatoms. The molecule has 1 saturated heterocycles. The Bertz CT molecular complexity index is 631. The van der Waals surface area contributed by atoms with Crippen LogP contribution in [0.1, 0.15) is 43.2 Å². The second-order valence-corrected chi connectivity index (χ2v) is 7.18. The zero-order chi connectivity index (χ0) is 17.6. The van der Waals surface area contributed by atoms with Crippen LogP contribution in [0.25, 0.3) is 0 Å². The average Bonchev–Trinajstić information content (AvgIpc) is 2.67. The van der Waals surface area contributed by atoms with Crippen molar-refractivity contribution < 1.29 is 4.79 Å². The maximum atomic E-state index is 13.1. The Kier molecular flexibility index (Phi) is 5.87. The van der Waals surface area contributed by atoms with Gasteiger partial charge in [-0.05, 0) is 29.9 Å². The molecule has 132 valence electrons. The maximum absolute atomic E-state index is 13.1. The van der Waals surface area contributed by atoms with Gasteiger partial charge < -0.3 is 10.6 Å². The summed E-state index contributed by atoms with van der Waals surface area (Å²) in [5.41, 5.74) is 8.34. The van der Waals surface area contributed by atoms with Crippen LogP contribution < -0.4 is 5.73 Å². The summed E-state index contributed by atoms with van der Waals surface area (Å²) in [4.78, 5) is 15.1. The summed E-state index contributed by atoms with van der Waals surface area (Å²) in [7, 11) is 0. The van der Waals surface area contributed by atoms with Gasteiger partial charge in [-0.2, -0.15) is 0 Å². The first kappa shape index (κ1) is 17.7. The summed E-state index contributed by atoms with van der Waals surface area (Å²) in [6, 6.07) is 20.8. The van der Waals surface area contributed by atoms with E-state index in [-0.39, 0.29) is 17.9 Å². The fraction of sp³-hybridized carbons (Fsp3) is 0.409. The summed E-state index contributed by atoms with van der Waals surface area (Å²) < 4.78 is 0. The third-order valence-electron chi connectivity index (χ3n) is 5.35. The van der Waals surface area contributed by atoms with Crippen LogP contribution in [0.2, 0.25) is 0 Å². The number of carbonyl (C=O) groups excluding carboxylic acids is 1. The highest BCUT2D eigenvalue weighted by Gasteiger charge is 2.30. The molecule has 1 heterocycles. The first-order chi connectivity index (χ1) is 12.2. The van der Waals surface area contributed by atoms with Crippen molar-refractivity contribution in [3.63, 3.8) is 0 Å². The van der Waals surface area contributed by atoms with Crippen LogP contribution in [0.3, 0.4) is 0 Å². The van der Waals surface area contributed by atoms with Crippen molar-refractivity contribution in [3.05, 3.63) is 71.8 Å². The van der Waals surface area contributed by atoms with Crippen LogP contribution in [-0.4, -0.2) is 29.9 Å². The fourth-order valence-corrected chi connectivity index (χ4v) is 3.89. The molecule has 0 saturated carbocycles. The minimum Gasteiger partial charge on any atom is -0.338 e. The van der Waals surface area contributed by atoms with Gasteiger partial charge in [0, 0.05) is 31.5 Å². The number of hydrogen-bond acceptors (Lipinski definition) is 2. The number of nitrogens with two attached hydrogens (primary N) is 1. The van der Waals surface area contributed by atoms with Crippen molar-refractivity contribution in [3.8, 4) is 0 Å². The van der Waals surface area contributed by atoms with E-state index in [9.17, 15) is 4.79 Å². The van der Waals surface area contributed by atoms with Gasteiger partial charge in [-0.3, -0.25) is 4.79 Å². The van der Waals surface area contributed by atoms with Gasteiger partial charge >= 0.3 is 0 Å². The first-order valence-electron chi connectivity index (χ1n) is 9.28. The van der Waals surface area contributed by atoms with Gasteiger partial charge in [0.1, 0.15) is 0 Å². The van der Waals surface area contributed by atoms with Crippen LogP contribution in [-0.2, 0) is 4.79 Å². The van der Waals surface area contributed by atoms with Gasteiger partial charge in [0.25, 0.3) is 0 Å². The number of piperidine rings is 1. The molecule has 3 rings (SSSR count). The largest absolute Gasteiger partial charge is 0.338 e. The molecule has 0 aromatic heterocycles. The zero-order valence-electron chi connectivity index (χ0n) is 15.0. The highest BCUT2D eigenvalue weighted by atomic mass is 16.2. The lowest BCUT2D eigenvalue weighted by Gasteiger charge is -2.38. The van der Waals surface area contributed by atoms with Gasteiger partial charge in [-0.15, -0.1) is 0 Å². The van der Waals surface area contributed by atoms with E-state index < -0.39 is 0 Å². The fourth-order valence-electron chi connectivity index (χ4n) is 3.89. The van der Waals surface area contributed by atoms with Gasteiger partial charge in [0.05, 0.1) is 0 Å². The van der Waals surface area contributed by atoms with Crippen LogP contribution >= 0.6 is 0 Å². The van der Waals surface area contributed by atoms with E-state index in [1.54, 1.807) is 0 Å². The molecule has 1 fully saturated rings. The Labute approximate surface area is 150 Å². The standard InChI is InChI=1S/C22H28N2O/c1-17-12-13-24(20(14-17)16-23)22(25)15-21(18-8-4-2-5-9-18)19-10-6-3-7-11-19/h2-11,17,20-21H,12-16,23H2,1H3. The second-order valence-electron chi connectivity index (χ2n) is 7.18. The molecule has 1 amide bonds. The molecule has 3 nitrogen and oxygen atoms in total. The summed E-state index contributed by atoms with van der Waals surface area (Å²) in [6.45, 7) is 3.64. The number of likely N-dealkylation sites (tertiary alicyclic amines) is 1. The van der Waals surface area contributed by atoms with Gasteiger partial charge in [-0.1, -0.05) is 67.6 Å². The van der Waals surface area contributed by atoms with Crippen molar-refractivity contribution >= 4 is 5.91 Å². The monoisotopic (exact) mass is 336 g/mol. The van der Waals surface area contributed by atoms with E-state index in [2.05, 4.69) is 31.2 Å². The van der Waals surface area contributed by atoms with Gasteiger partial charge in [-0.25, -0.2) is 0 Å². The second kappa shape index (κ2) is 8.30. The zero-order valence-corrected chi connectivity index (χ0v) is 15.0. The van der Waals surface area contributed by atoms with E-state index in [0.29, 0.717) is 18.9 Å². The van der Waals surface area contributed by atoms with E-state index in [1.165, 1.54) is 11.1 Å². The smallest absolute Gasteiger partial charge is 0.223 e. The van der Waals surface area contributed by atoms with E-state index >= 15 is 0 Å². The lowest BCUT2D eigenvalue weighted by Crippen LogP contribution is -2.49. The molecule has 1 aliphatic heterocycles. The molecule has 0 radical (unpaired) electrons. The third-order valence-corrected chi connectivity index (χ3v) is 5.35. The predicted octanol–water partition coefficient (Wildman–Crippen LogP) is 3.79. The van der Waals surface area contributed by atoms with Crippen molar-refractivity contribution in [1.82, 2.24) is 4.90 Å². The summed E-state index contributed by atoms with van der Waals surface area (Å²) in [6.07, 6.45) is 2.59. The molecule has 2 aromatic carbocycles. The number of benzene rings is 2. The van der Waals surface area contributed by atoms with Crippen molar-refractivity contribution in [2.24, 2.45) is 11.7 Å². The predicted molar refractivity (Wildman–Crippen MR) is 102 cm³/mol. The van der Waals surface area contributed by atoms with Gasteiger partial charge in [0.2, 0.25) is 5.91 Å². The number of nitrogens with zero attached hydrogens (tertiary/aromatic N) is 1. The molecular weight excluding hydrogens is 308 g/mol. The maximum Gasteiger partial charge on any atom is 0.223 e. The first-order valence-corrected chi connectivity index (χ1v) is 9.28. The van der Waals surface area contributed by atoms with E-state index in [0.717, 1.165) is 19.4 Å². The normalized spacial score (nSPS) is 20.7. The Hall–Kier alpha value is -2.13. The average molecular weight is 336 g/mol. The molecule has 2 unspecified atom stereocenters. The Morgan fingerprint density at radius 1 is 1.08 bits per heavy atom. The molecule has 0 bridgehead atoms. The summed E-state index contributed by atoms with van der Waals surface area (Å²) in [5.74, 6) is 0.962. The summed E-state index contributed by atoms with van der Waals surface area (Å²) in [5, 5.41) is 0. The number of hydrogen-bond donors (Lipinski definition) is 1. The topological polar surface area (TPSA) is 46.3 Å². The highest BCUT2D eigenvalue weighted by Crippen LogP contribution is 2.30. The van der Waals surface area contributed by atoms with Crippen LogP contribution in [0.4, 0.5) is 0 Å². The number of rotatable bonds is 5. The minimum atomic E-state index is 0.0904. The Balaban J connectivity index is 1.82. The van der Waals surface area contributed by atoms with Crippen molar-refractivity contribution in [2.75, 3.05) is 13.1 Å². The number of amides is 1. The van der Waals surface area contributed by atoms with E-state index in [4.69, 9.17) is 5.73 Å².